The zero-order chi connectivity index (χ0) is 18.2. The number of carbonyl (C=O) groups is 1. The van der Waals surface area contributed by atoms with Crippen molar-refractivity contribution in [3.63, 3.8) is 0 Å². The second-order valence-corrected chi connectivity index (χ2v) is 7.53. The molecule has 0 radical (unpaired) electrons. The van der Waals surface area contributed by atoms with Crippen LogP contribution in [0.5, 0.6) is 5.75 Å². The molecule has 5 atom stereocenters. The zero-order valence-electron chi connectivity index (χ0n) is 15.7. The van der Waals surface area contributed by atoms with Crippen molar-refractivity contribution in [2.45, 2.75) is 33.8 Å². The number of esters is 1. The predicted molar refractivity (Wildman–Crippen MR) is 96.3 cm³/mol. The van der Waals surface area contributed by atoms with Crippen LogP contribution in [-0.2, 0) is 14.3 Å². The van der Waals surface area contributed by atoms with E-state index < -0.39 is 0 Å². The molecule has 2 aliphatic rings. The molecule has 1 saturated heterocycles. The van der Waals surface area contributed by atoms with Crippen molar-refractivity contribution in [1.29, 1.82) is 0 Å². The fourth-order valence-electron chi connectivity index (χ4n) is 4.59. The summed E-state index contributed by atoms with van der Waals surface area (Å²) in [5.74, 6) is 1.59. The smallest absolute Gasteiger partial charge is 0.302 e. The third-order valence-corrected chi connectivity index (χ3v) is 6.24. The van der Waals surface area contributed by atoms with Crippen molar-refractivity contribution in [3.05, 3.63) is 41.5 Å². The maximum absolute atomic E-state index is 11.4. The first kappa shape index (κ1) is 18.0. The molecule has 1 aliphatic carbocycles. The monoisotopic (exact) mass is 344 g/mol. The molecule has 0 unspecified atom stereocenters. The Hall–Kier alpha value is -1.81. The average Bonchev–Trinajstić information content (AvgIpc) is 2.59. The number of fused-ring (bicyclic) bond motifs is 2. The summed E-state index contributed by atoms with van der Waals surface area (Å²) in [5, 5.41) is 0. The Kier molecular flexibility index (Phi) is 4.92. The first-order chi connectivity index (χ1) is 11.9. The van der Waals surface area contributed by atoms with Crippen LogP contribution in [0.15, 0.2) is 35.9 Å². The third-order valence-electron chi connectivity index (χ3n) is 6.24. The summed E-state index contributed by atoms with van der Waals surface area (Å²) in [6.45, 7) is 9.16. The number of hydrogen-bond donors (Lipinski definition) is 0. The SMILES string of the molecule is COc1ccc([C@@H]2OC[C@]3(COC(C)=O)[C@H](C)C=C(C)[C@H]2[C@@H]3C)cc1. The molecule has 1 heterocycles. The van der Waals surface area contributed by atoms with Crippen LogP contribution < -0.4 is 4.74 Å². The lowest BCUT2D eigenvalue weighted by atomic mass is 9.56. The van der Waals surface area contributed by atoms with Gasteiger partial charge < -0.3 is 14.2 Å². The molecular formula is C21H28O4. The largest absolute Gasteiger partial charge is 0.497 e. The van der Waals surface area contributed by atoms with Gasteiger partial charge in [0.05, 0.1) is 26.4 Å². The number of methoxy groups -OCH3 is 1. The second kappa shape index (κ2) is 6.83. The molecule has 3 rings (SSSR count). The van der Waals surface area contributed by atoms with Crippen LogP contribution in [0.4, 0.5) is 0 Å². The number of benzene rings is 1. The summed E-state index contributed by atoms with van der Waals surface area (Å²) in [7, 11) is 1.67. The van der Waals surface area contributed by atoms with Crippen LogP contribution in [0.2, 0.25) is 0 Å². The summed E-state index contributed by atoms with van der Waals surface area (Å²) < 4.78 is 17.1. The van der Waals surface area contributed by atoms with E-state index in [-0.39, 0.29) is 23.4 Å². The summed E-state index contributed by atoms with van der Waals surface area (Å²) >= 11 is 0. The van der Waals surface area contributed by atoms with Crippen molar-refractivity contribution in [2.75, 3.05) is 20.3 Å². The Balaban J connectivity index is 1.92. The molecule has 25 heavy (non-hydrogen) atoms. The molecule has 136 valence electrons. The molecular weight excluding hydrogens is 316 g/mol. The van der Waals surface area contributed by atoms with Gasteiger partial charge in [0, 0.05) is 18.3 Å². The molecule has 0 N–H and O–H groups in total. The molecule has 0 amide bonds. The molecule has 1 aliphatic heterocycles. The maximum atomic E-state index is 11.4. The van der Waals surface area contributed by atoms with E-state index in [4.69, 9.17) is 14.2 Å². The van der Waals surface area contributed by atoms with Gasteiger partial charge in [0.2, 0.25) is 0 Å². The van der Waals surface area contributed by atoms with E-state index in [1.807, 2.05) is 12.1 Å². The molecule has 2 bridgehead atoms. The van der Waals surface area contributed by atoms with Crippen LogP contribution in [-0.4, -0.2) is 26.3 Å². The highest BCUT2D eigenvalue weighted by molar-refractivity contribution is 5.66. The minimum absolute atomic E-state index is 0.0232. The van der Waals surface area contributed by atoms with Gasteiger partial charge in [0.1, 0.15) is 5.75 Å². The number of allylic oxidation sites excluding steroid dienone is 1. The number of rotatable bonds is 4. The highest BCUT2D eigenvalue weighted by Gasteiger charge is 2.54. The Bertz CT molecular complexity index is 663. The van der Waals surface area contributed by atoms with E-state index in [9.17, 15) is 4.79 Å². The molecule has 1 fully saturated rings. The number of carbonyl (C=O) groups excluding carboxylic acids is 1. The lowest BCUT2D eigenvalue weighted by molar-refractivity contribution is -0.180. The van der Waals surface area contributed by atoms with Gasteiger partial charge in [0.25, 0.3) is 0 Å². The summed E-state index contributed by atoms with van der Waals surface area (Å²) in [5.41, 5.74) is 2.37. The van der Waals surface area contributed by atoms with E-state index in [1.54, 1.807) is 7.11 Å². The Labute approximate surface area is 150 Å². The highest BCUT2D eigenvalue weighted by Crippen LogP contribution is 2.56. The predicted octanol–water partition coefficient (Wildman–Crippen LogP) is 4.16. The van der Waals surface area contributed by atoms with Crippen LogP contribution in [0.3, 0.4) is 0 Å². The number of hydrogen-bond acceptors (Lipinski definition) is 4. The Morgan fingerprint density at radius 3 is 2.56 bits per heavy atom. The van der Waals surface area contributed by atoms with Gasteiger partial charge in [-0.2, -0.15) is 0 Å². The van der Waals surface area contributed by atoms with Crippen molar-refractivity contribution < 1.29 is 19.0 Å². The first-order valence-corrected chi connectivity index (χ1v) is 8.96. The minimum atomic E-state index is -0.228. The Morgan fingerprint density at radius 1 is 1.28 bits per heavy atom. The van der Waals surface area contributed by atoms with Crippen molar-refractivity contribution in [3.8, 4) is 5.75 Å². The van der Waals surface area contributed by atoms with Crippen LogP contribution in [0.25, 0.3) is 0 Å². The summed E-state index contributed by atoms with van der Waals surface area (Å²) in [6, 6.07) is 8.13. The lowest BCUT2D eigenvalue weighted by Crippen LogP contribution is -2.54. The molecule has 4 nitrogen and oxygen atoms in total. The Morgan fingerprint density at radius 2 is 1.96 bits per heavy atom. The van der Waals surface area contributed by atoms with E-state index in [0.29, 0.717) is 25.0 Å². The lowest BCUT2D eigenvalue weighted by Gasteiger charge is -2.55. The molecule has 0 saturated carbocycles. The van der Waals surface area contributed by atoms with Gasteiger partial charge in [-0.15, -0.1) is 0 Å². The van der Waals surface area contributed by atoms with Crippen LogP contribution in [0.1, 0.15) is 39.4 Å². The molecule has 4 heteroatoms. The first-order valence-electron chi connectivity index (χ1n) is 8.96. The van der Waals surface area contributed by atoms with E-state index in [0.717, 1.165) is 5.75 Å². The van der Waals surface area contributed by atoms with Gasteiger partial charge in [-0.1, -0.05) is 37.6 Å². The van der Waals surface area contributed by atoms with Gasteiger partial charge >= 0.3 is 5.97 Å². The third kappa shape index (κ3) is 3.08. The van der Waals surface area contributed by atoms with E-state index >= 15 is 0 Å². The van der Waals surface area contributed by atoms with Crippen molar-refractivity contribution in [1.82, 2.24) is 0 Å². The van der Waals surface area contributed by atoms with E-state index in [1.165, 1.54) is 18.1 Å². The van der Waals surface area contributed by atoms with Crippen LogP contribution in [0, 0.1) is 23.2 Å². The number of ether oxygens (including phenoxy) is 3. The average molecular weight is 344 g/mol. The second-order valence-electron chi connectivity index (χ2n) is 7.53. The van der Waals surface area contributed by atoms with Gasteiger partial charge in [-0.25, -0.2) is 0 Å². The zero-order valence-corrected chi connectivity index (χ0v) is 15.7. The molecule has 1 aromatic carbocycles. The standard InChI is InChI=1S/C21H28O4/c1-13-10-14(2)21(11-24-16(4)22)12-25-20(19(13)15(21)3)17-6-8-18(23-5)9-7-17/h6-10,14-15,19-20H,11-12H2,1-5H3/t14-,15+,19+,20+,21-/m1/s1. The van der Waals surface area contributed by atoms with Crippen molar-refractivity contribution in [2.24, 2.45) is 23.2 Å². The van der Waals surface area contributed by atoms with Crippen molar-refractivity contribution >= 4 is 5.97 Å². The quantitative estimate of drug-likeness (QED) is 0.607. The molecule has 1 aromatic rings. The van der Waals surface area contributed by atoms with Gasteiger partial charge in [-0.3, -0.25) is 4.79 Å². The molecule has 0 aromatic heterocycles. The maximum Gasteiger partial charge on any atom is 0.302 e. The summed E-state index contributed by atoms with van der Waals surface area (Å²) in [4.78, 5) is 11.4. The minimum Gasteiger partial charge on any atom is -0.497 e. The van der Waals surface area contributed by atoms with Gasteiger partial charge in [0.15, 0.2) is 0 Å². The molecule has 0 spiro atoms. The fraction of sp³-hybridized carbons (Fsp3) is 0.571. The van der Waals surface area contributed by atoms with Gasteiger partial charge in [-0.05, 0) is 36.5 Å². The topological polar surface area (TPSA) is 44.8 Å². The van der Waals surface area contributed by atoms with Crippen LogP contribution >= 0.6 is 0 Å². The normalized spacial score (nSPS) is 34.2. The van der Waals surface area contributed by atoms with E-state index in [2.05, 4.69) is 39.0 Å². The highest BCUT2D eigenvalue weighted by atomic mass is 16.5. The summed E-state index contributed by atoms with van der Waals surface area (Å²) in [6.07, 6.45) is 2.36. The fourth-order valence-corrected chi connectivity index (χ4v) is 4.59.